The number of thiol groups is 2. The molecule has 0 aliphatic carbocycles. The summed E-state index contributed by atoms with van der Waals surface area (Å²) in [6, 6.07) is 0. The SMILES string of the molecule is SC1=CN(S)NN=C1. The maximum absolute atomic E-state index is 4.00. The largest absolute Gasteiger partial charge is 0.223 e. The first kappa shape index (κ1) is 5.84. The number of hydrogen-bond donors (Lipinski definition) is 3. The van der Waals surface area contributed by atoms with Crippen molar-refractivity contribution < 1.29 is 0 Å². The van der Waals surface area contributed by atoms with Crippen LogP contribution in [0.4, 0.5) is 0 Å². The van der Waals surface area contributed by atoms with Crippen LogP contribution in [0.25, 0.3) is 0 Å². The topological polar surface area (TPSA) is 27.6 Å². The highest BCUT2D eigenvalue weighted by atomic mass is 32.1. The van der Waals surface area contributed by atoms with Gasteiger partial charge < -0.3 is 0 Å². The maximum atomic E-state index is 4.00. The molecule has 5 heteroatoms. The molecule has 0 aromatic carbocycles. The van der Waals surface area contributed by atoms with Crippen molar-refractivity contribution in [3.8, 4) is 0 Å². The molecule has 44 valence electrons. The smallest absolute Gasteiger partial charge is 0.0637 e. The van der Waals surface area contributed by atoms with Gasteiger partial charge in [-0.15, -0.1) is 12.6 Å². The molecule has 8 heavy (non-hydrogen) atoms. The molecule has 3 nitrogen and oxygen atoms in total. The molecule has 0 bridgehead atoms. The van der Waals surface area contributed by atoms with E-state index in [2.05, 4.69) is 36.1 Å². The summed E-state index contributed by atoms with van der Waals surface area (Å²) in [5.41, 5.74) is 2.55. The van der Waals surface area contributed by atoms with Gasteiger partial charge in [0.25, 0.3) is 0 Å². The Hall–Kier alpha value is -0.290. The fourth-order valence-corrected chi connectivity index (χ4v) is 0.782. The number of hydrogen-bond acceptors (Lipinski definition) is 5. The molecule has 1 heterocycles. The van der Waals surface area contributed by atoms with E-state index < -0.39 is 0 Å². The van der Waals surface area contributed by atoms with Crippen LogP contribution >= 0.6 is 25.4 Å². The van der Waals surface area contributed by atoms with E-state index in [9.17, 15) is 0 Å². The molecule has 0 aromatic rings. The molecule has 1 aliphatic rings. The second-order valence-corrected chi connectivity index (χ2v) is 2.20. The monoisotopic (exact) mass is 147 g/mol. The molecule has 0 amide bonds. The lowest BCUT2D eigenvalue weighted by molar-refractivity contribution is 0.472. The number of nitrogens with zero attached hydrogens (tertiary/aromatic N) is 2. The van der Waals surface area contributed by atoms with Gasteiger partial charge in [0.2, 0.25) is 0 Å². The second-order valence-electron chi connectivity index (χ2n) is 1.26. The van der Waals surface area contributed by atoms with Crippen molar-refractivity contribution in [3.05, 3.63) is 11.1 Å². The third kappa shape index (κ3) is 1.34. The summed E-state index contributed by atoms with van der Waals surface area (Å²) >= 11 is 7.91. The highest BCUT2D eigenvalue weighted by Crippen LogP contribution is 2.03. The van der Waals surface area contributed by atoms with Crippen LogP contribution in [0, 0.1) is 0 Å². The van der Waals surface area contributed by atoms with E-state index in [1.807, 2.05) is 0 Å². The zero-order chi connectivity index (χ0) is 5.98. The highest BCUT2D eigenvalue weighted by molar-refractivity contribution is 7.85. The minimum Gasteiger partial charge on any atom is -0.223 e. The lowest BCUT2D eigenvalue weighted by Gasteiger charge is -2.13. The molecule has 1 aliphatic heterocycles. The van der Waals surface area contributed by atoms with Gasteiger partial charge in [0.1, 0.15) is 0 Å². The number of nitrogens with one attached hydrogen (secondary N) is 1. The lowest BCUT2D eigenvalue weighted by Crippen LogP contribution is -2.22. The molecule has 0 fully saturated rings. The maximum Gasteiger partial charge on any atom is 0.0637 e. The fraction of sp³-hybridized carbons (Fsp3) is 0. The molecular formula is C3H5N3S2. The Balaban J connectivity index is 2.63. The summed E-state index contributed by atoms with van der Waals surface area (Å²) in [7, 11) is 0. The van der Waals surface area contributed by atoms with Crippen molar-refractivity contribution >= 4 is 31.7 Å². The average Bonchev–Trinajstić information content (AvgIpc) is 1.64. The first-order valence-corrected chi connectivity index (χ1v) is 2.81. The van der Waals surface area contributed by atoms with Gasteiger partial charge in [-0.2, -0.15) is 5.10 Å². The summed E-state index contributed by atoms with van der Waals surface area (Å²) in [5.74, 6) is 0. The molecular weight excluding hydrogens is 142 g/mol. The Morgan fingerprint density at radius 1 is 1.75 bits per heavy atom. The van der Waals surface area contributed by atoms with Gasteiger partial charge in [-0.1, -0.05) is 0 Å². The van der Waals surface area contributed by atoms with Gasteiger partial charge in [-0.05, 0) is 12.8 Å². The molecule has 0 unspecified atom stereocenters. The van der Waals surface area contributed by atoms with Crippen molar-refractivity contribution in [2.45, 2.75) is 0 Å². The van der Waals surface area contributed by atoms with E-state index in [1.54, 1.807) is 12.4 Å². The van der Waals surface area contributed by atoms with E-state index in [4.69, 9.17) is 0 Å². The number of hydrazine groups is 1. The van der Waals surface area contributed by atoms with Crippen LogP contribution in [-0.4, -0.2) is 10.6 Å². The van der Waals surface area contributed by atoms with Gasteiger partial charge >= 0.3 is 0 Å². The standard InChI is InChI=1S/C3H5N3S2/c7-3-1-4-5-6(8)2-3/h1-2,5,7-8H. The molecule has 0 saturated heterocycles. The van der Waals surface area contributed by atoms with Crippen LogP contribution < -0.4 is 5.53 Å². The normalized spacial score (nSPS) is 17.8. The summed E-state index contributed by atoms with van der Waals surface area (Å²) in [6.07, 6.45) is 3.29. The van der Waals surface area contributed by atoms with Gasteiger partial charge in [0.05, 0.1) is 12.4 Å². The van der Waals surface area contributed by atoms with Gasteiger partial charge in [0.15, 0.2) is 0 Å². The van der Waals surface area contributed by atoms with E-state index >= 15 is 0 Å². The summed E-state index contributed by atoms with van der Waals surface area (Å²) in [6.45, 7) is 0. The van der Waals surface area contributed by atoms with Gasteiger partial charge in [-0.3, -0.25) is 0 Å². The van der Waals surface area contributed by atoms with Crippen LogP contribution in [0.2, 0.25) is 0 Å². The van der Waals surface area contributed by atoms with Crippen molar-refractivity contribution in [1.29, 1.82) is 0 Å². The molecule has 0 atom stereocenters. The van der Waals surface area contributed by atoms with Crippen LogP contribution in [-0.2, 0) is 0 Å². The Morgan fingerprint density at radius 3 is 2.88 bits per heavy atom. The third-order valence-electron chi connectivity index (χ3n) is 0.612. The van der Waals surface area contributed by atoms with Gasteiger partial charge in [0, 0.05) is 4.91 Å². The van der Waals surface area contributed by atoms with Crippen molar-refractivity contribution in [1.82, 2.24) is 9.95 Å². The Bertz CT molecular complexity index is 141. The Kier molecular flexibility index (Phi) is 1.69. The van der Waals surface area contributed by atoms with Gasteiger partial charge in [-0.25, -0.2) is 9.95 Å². The predicted molar refractivity (Wildman–Crippen MR) is 39.5 cm³/mol. The quantitative estimate of drug-likeness (QED) is 0.433. The Labute approximate surface area is 58.4 Å². The number of allylic oxidation sites excluding steroid dienone is 1. The van der Waals surface area contributed by atoms with E-state index in [0.29, 0.717) is 0 Å². The predicted octanol–water partition coefficient (Wildman–Crippen LogP) is 0.408. The van der Waals surface area contributed by atoms with Crippen LogP contribution in [0.3, 0.4) is 0 Å². The molecule has 1 rings (SSSR count). The van der Waals surface area contributed by atoms with E-state index in [-0.39, 0.29) is 0 Å². The first-order valence-electron chi connectivity index (χ1n) is 1.96. The molecule has 1 N–H and O–H groups in total. The number of rotatable bonds is 0. The minimum atomic E-state index is 0.777. The average molecular weight is 147 g/mol. The third-order valence-corrected chi connectivity index (χ3v) is 1.05. The fourth-order valence-electron chi connectivity index (χ4n) is 0.342. The minimum absolute atomic E-state index is 0.777. The van der Waals surface area contributed by atoms with Crippen molar-refractivity contribution in [2.24, 2.45) is 5.10 Å². The number of hydrazone groups is 1. The summed E-state index contributed by atoms with van der Waals surface area (Å²) in [4.78, 5) is 0.777. The molecule has 0 spiro atoms. The molecule has 0 radical (unpaired) electrons. The van der Waals surface area contributed by atoms with E-state index in [1.165, 1.54) is 4.41 Å². The van der Waals surface area contributed by atoms with Crippen LogP contribution in [0.5, 0.6) is 0 Å². The highest BCUT2D eigenvalue weighted by Gasteiger charge is 1.94. The first-order chi connectivity index (χ1) is 3.79. The zero-order valence-corrected chi connectivity index (χ0v) is 5.73. The summed E-state index contributed by atoms with van der Waals surface area (Å²) in [5, 5.41) is 3.67. The summed E-state index contributed by atoms with van der Waals surface area (Å²) < 4.78 is 1.42. The molecule has 0 saturated carbocycles. The Morgan fingerprint density at radius 2 is 2.50 bits per heavy atom. The zero-order valence-electron chi connectivity index (χ0n) is 3.94. The van der Waals surface area contributed by atoms with Crippen LogP contribution in [0.15, 0.2) is 16.2 Å². The molecule has 0 aromatic heterocycles. The van der Waals surface area contributed by atoms with Crippen molar-refractivity contribution in [3.63, 3.8) is 0 Å². The van der Waals surface area contributed by atoms with E-state index in [0.717, 1.165) is 4.91 Å². The van der Waals surface area contributed by atoms with Crippen LogP contribution in [0.1, 0.15) is 0 Å². The van der Waals surface area contributed by atoms with Crippen molar-refractivity contribution in [2.75, 3.05) is 0 Å². The second kappa shape index (κ2) is 2.32. The lowest BCUT2D eigenvalue weighted by atomic mass is 10.6.